The number of hydrogen-bond acceptors (Lipinski definition) is 4. The van der Waals surface area contributed by atoms with E-state index in [1.165, 1.54) is 6.07 Å². The first-order valence-electron chi connectivity index (χ1n) is 4.51. The highest BCUT2D eigenvalue weighted by molar-refractivity contribution is 8.13. The van der Waals surface area contributed by atoms with Crippen LogP contribution in [0.25, 0.3) is 0 Å². The lowest BCUT2D eigenvalue weighted by Gasteiger charge is -2.15. The summed E-state index contributed by atoms with van der Waals surface area (Å²) in [6, 6.07) is 1.45. The largest absolute Gasteiger partial charge is 0.434 e. The van der Waals surface area contributed by atoms with Crippen LogP contribution in [-0.4, -0.2) is 15.0 Å². The van der Waals surface area contributed by atoms with Gasteiger partial charge in [0.15, 0.2) is 0 Å². The number of alkyl halides is 5. The van der Waals surface area contributed by atoms with Crippen LogP contribution in [0.1, 0.15) is 11.1 Å². The first-order chi connectivity index (χ1) is 8.96. The van der Waals surface area contributed by atoms with Crippen molar-refractivity contribution in [3.63, 3.8) is 0 Å². The van der Waals surface area contributed by atoms with E-state index < -0.39 is 43.6 Å². The molecule has 1 aromatic carbocycles. The lowest BCUT2D eigenvalue weighted by Crippen LogP contribution is -2.13. The maximum Gasteiger partial charge on any atom is 0.420 e. The minimum Gasteiger partial charge on any atom is -0.434 e. The van der Waals surface area contributed by atoms with Crippen LogP contribution in [0, 0.1) is 11.3 Å². The van der Waals surface area contributed by atoms with Gasteiger partial charge in [-0.2, -0.15) is 27.2 Å². The first-order valence-corrected chi connectivity index (χ1v) is 6.82. The molecule has 0 radical (unpaired) electrons. The lowest BCUT2D eigenvalue weighted by molar-refractivity contribution is -0.142. The normalized spacial score (nSPS) is 12.3. The fourth-order valence-electron chi connectivity index (χ4n) is 1.26. The summed E-state index contributed by atoms with van der Waals surface area (Å²) < 4.78 is 87.9. The smallest absolute Gasteiger partial charge is 0.420 e. The van der Waals surface area contributed by atoms with Gasteiger partial charge >= 0.3 is 12.8 Å². The van der Waals surface area contributed by atoms with E-state index in [0.717, 1.165) is 0 Å². The third-order valence-corrected chi connectivity index (χ3v) is 3.35. The molecule has 0 saturated carbocycles. The van der Waals surface area contributed by atoms with Crippen LogP contribution >= 0.6 is 10.7 Å². The van der Waals surface area contributed by atoms with Gasteiger partial charge in [0.2, 0.25) is 0 Å². The zero-order valence-corrected chi connectivity index (χ0v) is 10.7. The maximum atomic E-state index is 12.7. The van der Waals surface area contributed by atoms with Gasteiger partial charge in [-0.25, -0.2) is 8.42 Å². The average molecular weight is 336 g/mol. The molecule has 0 aromatic heterocycles. The van der Waals surface area contributed by atoms with Gasteiger partial charge in [-0.15, -0.1) is 0 Å². The van der Waals surface area contributed by atoms with Crippen LogP contribution in [0.3, 0.4) is 0 Å². The van der Waals surface area contributed by atoms with Crippen molar-refractivity contribution in [1.82, 2.24) is 0 Å². The van der Waals surface area contributed by atoms with Gasteiger partial charge in [0.25, 0.3) is 9.05 Å². The van der Waals surface area contributed by atoms with E-state index in [2.05, 4.69) is 4.74 Å². The van der Waals surface area contributed by atoms with Gasteiger partial charge in [0.05, 0.1) is 11.1 Å². The summed E-state index contributed by atoms with van der Waals surface area (Å²) in [6.45, 7) is -3.58. The second kappa shape index (κ2) is 5.41. The van der Waals surface area contributed by atoms with Crippen LogP contribution in [-0.2, 0) is 15.2 Å². The van der Waals surface area contributed by atoms with E-state index in [9.17, 15) is 30.4 Å². The summed E-state index contributed by atoms with van der Waals surface area (Å²) in [4.78, 5) is -1.14. The standard InChI is InChI=1S/C9H3ClF5NO3S/c10-20(17,18)7-2-5(9(13,14)15)6(19-8(11)12)1-4(7)3-16/h1-2,8H. The van der Waals surface area contributed by atoms with Crippen molar-refractivity contribution in [2.75, 3.05) is 0 Å². The summed E-state index contributed by atoms with van der Waals surface area (Å²) in [6.07, 6.45) is -5.17. The van der Waals surface area contributed by atoms with Gasteiger partial charge in [0, 0.05) is 16.7 Å². The molecule has 0 aliphatic heterocycles. The predicted octanol–water partition coefficient (Wildman–Crippen LogP) is 3.11. The van der Waals surface area contributed by atoms with Gasteiger partial charge < -0.3 is 4.74 Å². The second-order valence-electron chi connectivity index (χ2n) is 3.27. The Morgan fingerprint density at radius 2 is 1.85 bits per heavy atom. The summed E-state index contributed by atoms with van der Waals surface area (Å²) >= 11 is 0. The molecule has 110 valence electrons. The zero-order chi connectivity index (χ0) is 15.7. The molecule has 0 aliphatic rings. The number of nitrogens with zero attached hydrogens (tertiary/aromatic N) is 1. The molecular formula is C9H3ClF5NO3S. The highest BCUT2D eigenvalue weighted by atomic mass is 35.7. The molecule has 0 N–H and O–H groups in total. The summed E-state index contributed by atoms with van der Waals surface area (Å²) in [5.74, 6) is -1.37. The van der Waals surface area contributed by atoms with Gasteiger partial charge in [0.1, 0.15) is 16.7 Å². The molecule has 0 amide bonds. The molecule has 4 nitrogen and oxygen atoms in total. The van der Waals surface area contributed by atoms with Crippen molar-refractivity contribution in [2.24, 2.45) is 0 Å². The Morgan fingerprint density at radius 1 is 1.30 bits per heavy atom. The Kier molecular flexibility index (Phi) is 4.45. The van der Waals surface area contributed by atoms with E-state index in [4.69, 9.17) is 15.9 Å². The van der Waals surface area contributed by atoms with Crippen molar-refractivity contribution >= 4 is 19.7 Å². The number of ether oxygens (including phenoxy) is 1. The number of hydrogen-bond donors (Lipinski definition) is 0. The molecule has 0 spiro atoms. The number of halogens is 6. The van der Waals surface area contributed by atoms with Crippen LogP contribution < -0.4 is 4.74 Å². The van der Waals surface area contributed by atoms with E-state index in [-0.39, 0.29) is 12.1 Å². The minimum absolute atomic E-state index is 0.0292. The Morgan fingerprint density at radius 3 is 2.20 bits per heavy atom. The van der Waals surface area contributed by atoms with Crippen molar-refractivity contribution < 1.29 is 35.1 Å². The fourth-order valence-corrected chi connectivity index (χ4v) is 2.27. The van der Waals surface area contributed by atoms with E-state index in [1.54, 1.807) is 0 Å². The molecule has 0 unspecified atom stereocenters. The predicted molar refractivity (Wildman–Crippen MR) is 55.8 cm³/mol. The van der Waals surface area contributed by atoms with Crippen molar-refractivity contribution in [3.05, 3.63) is 23.3 Å². The second-order valence-corrected chi connectivity index (χ2v) is 5.80. The molecule has 0 fully saturated rings. The van der Waals surface area contributed by atoms with E-state index >= 15 is 0 Å². The van der Waals surface area contributed by atoms with Crippen LogP contribution in [0.15, 0.2) is 17.0 Å². The summed E-state index contributed by atoms with van der Waals surface area (Å²) in [5, 5.41) is 8.64. The summed E-state index contributed by atoms with van der Waals surface area (Å²) in [5.41, 5.74) is -2.63. The fraction of sp³-hybridized carbons (Fsp3) is 0.222. The topological polar surface area (TPSA) is 67.2 Å². The third kappa shape index (κ3) is 3.71. The monoisotopic (exact) mass is 335 g/mol. The van der Waals surface area contributed by atoms with Crippen molar-refractivity contribution in [1.29, 1.82) is 5.26 Å². The molecule has 1 aromatic rings. The van der Waals surface area contributed by atoms with Crippen LogP contribution in [0.2, 0.25) is 0 Å². The first kappa shape index (κ1) is 16.5. The maximum absolute atomic E-state index is 12.7. The highest BCUT2D eigenvalue weighted by Crippen LogP contribution is 2.40. The Bertz CT molecular complexity index is 665. The van der Waals surface area contributed by atoms with Gasteiger partial charge in [-0.05, 0) is 6.07 Å². The van der Waals surface area contributed by atoms with Crippen molar-refractivity contribution in [2.45, 2.75) is 17.7 Å². The Balaban J connectivity index is 3.68. The van der Waals surface area contributed by atoms with Crippen molar-refractivity contribution in [3.8, 4) is 11.8 Å². The molecule has 0 atom stereocenters. The minimum atomic E-state index is -5.17. The molecule has 0 saturated heterocycles. The molecule has 20 heavy (non-hydrogen) atoms. The number of benzene rings is 1. The molecule has 1 rings (SSSR count). The van der Waals surface area contributed by atoms with Crippen LogP contribution in [0.4, 0.5) is 22.0 Å². The SMILES string of the molecule is N#Cc1cc(OC(F)F)c(C(F)(F)F)cc1S(=O)(=O)Cl. The quantitative estimate of drug-likeness (QED) is 0.629. The Labute approximate surface area is 113 Å². The van der Waals surface area contributed by atoms with Crippen LogP contribution in [0.5, 0.6) is 5.75 Å². The molecule has 0 heterocycles. The number of nitriles is 1. The Hall–Kier alpha value is -1.60. The van der Waals surface area contributed by atoms with E-state index in [1.807, 2.05) is 0 Å². The van der Waals surface area contributed by atoms with E-state index in [0.29, 0.717) is 0 Å². The average Bonchev–Trinajstić information content (AvgIpc) is 2.24. The molecule has 0 aliphatic carbocycles. The van der Waals surface area contributed by atoms with Gasteiger partial charge in [-0.3, -0.25) is 0 Å². The summed E-state index contributed by atoms with van der Waals surface area (Å²) in [7, 11) is 0.220. The third-order valence-electron chi connectivity index (χ3n) is 1.99. The zero-order valence-electron chi connectivity index (χ0n) is 9.08. The van der Waals surface area contributed by atoms with Gasteiger partial charge in [-0.1, -0.05) is 0 Å². The lowest BCUT2D eigenvalue weighted by atomic mass is 10.1. The molecule has 0 bridgehead atoms. The molecule has 11 heteroatoms. The molecular weight excluding hydrogens is 333 g/mol. The number of rotatable bonds is 3. The highest BCUT2D eigenvalue weighted by Gasteiger charge is 2.37.